The molecule has 23 heavy (non-hydrogen) atoms. The van der Waals surface area contributed by atoms with Crippen molar-refractivity contribution in [2.75, 3.05) is 27.3 Å². The minimum Gasteiger partial charge on any atom is -0.493 e. The van der Waals surface area contributed by atoms with E-state index in [1.165, 1.54) is 24.6 Å². The lowest BCUT2D eigenvalue weighted by Gasteiger charge is -2.33. The molecule has 1 heterocycles. The van der Waals surface area contributed by atoms with Gasteiger partial charge in [-0.1, -0.05) is 0 Å². The lowest BCUT2D eigenvalue weighted by Crippen LogP contribution is -2.42. The zero-order valence-corrected chi connectivity index (χ0v) is 14.4. The first kappa shape index (κ1) is 18.0. The molecule has 1 aliphatic heterocycles. The van der Waals surface area contributed by atoms with Gasteiger partial charge in [-0.3, -0.25) is 0 Å². The topological polar surface area (TPSA) is 81.9 Å². The molecule has 0 amide bonds. The van der Waals surface area contributed by atoms with Crippen LogP contribution in [0.2, 0.25) is 0 Å². The monoisotopic (exact) mass is 346 g/mol. The Hall–Kier alpha value is -1.38. The molecule has 1 saturated heterocycles. The molecular formula is C15H23FN2O4S. The minimum absolute atomic E-state index is 0.0256. The van der Waals surface area contributed by atoms with Gasteiger partial charge in [-0.2, -0.15) is 4.31 Å². The van der Waals surface area contributed by atoms with Crippen molar-refractivity contribution < 1.29 is 22.3 Å². The van der Waals surface area contributed by atoms with Crippen LogP contribution in [-0.4, -0.2) is 46.1 Å². The minimum atomic E-state index is -3.92. The van der Waals surface area contributed by atoms with Crippen LogP contribution in [0.1, 0.15) is 19.8 Å². The molecule has 1 unspecified atom stereocenters. The van der Waals surface area contributed by atoms with E-state index in [9.17, 15) is 12.8 Å². The number of piperidine rings is 1. The second-order valence-electron chi connectivity index (χ2n) is 5.74. The molecule has 0 spiro atoms. The number of sulfonamides is 1. The lowest BCUT2D eigenvalue weighted by molar-refractivity contribution is 0.250. The molecule has 0 bridgehead atoms. The van der Waals surface area contributed by atoms with Gasteiger partial charge in [0, 0.05) is 31.3 Å². The van der Waals surface area contributed by atoms with Crippen molar-refractivity contribution in [2.45, 2.75) is 30.7 Å². The standard InChI is InChI=1S/C15H23FN2O4S/c1-10(17)11-4-6-18(7-5-11)23(19,20)15-9-14(22-3)13(21-2)8-12(15)16/h8-11H,4-7,17H2,1-3H3. The fourth-order valence-electron chi connectivity index (χ4n) is 2.81. The van der Waals surface area contributed by atoms with Crippen LogP contribution in [0.15, 0.2) is 17.0 Å². The van der Waals surface area contributed by atoms with E-state index < -0.39 is 20.7 Å². The molecule has 2 N–H and O–H groups in total. The lowest BCUT2D eigenvalue weighted by atomic mass is 9.92. The molecule has 8 heteroatoms. The number of nitrogens with two attached hydrogens (primary N) is 1. The summed E-state index contributed by atoms with van der Waals surface area (Å²) < 4.78 is 51.0. The molecule has 1 aliphatic rings. The zero-order chi connectivity index (χ0) is 17.2. The third kappa shape index (κ3) is 3.59. The summed E-state index contributed by atoms with van der Waals surface area (Å²) in [7, 11) is -1.18. The number of hydrogen-bond acceptors (Lipinski definition) is 5. The van der Waals surface area contributed by atoms with E-state index in [4.69, 9.17) is 15.2 Å². The van der Waals surface area contributed by atoms with Crippen molar-refractivity contribution >= 4 is 10.0 Å². The number of hydrogen-bond donors (Lipinski definition) is 1. The maximum absolute atomic E-state index is 14.2. The Morgan fingerprint density at radius 1 is 1.22 bits per heavy atom. The molecule has 130 valence electrons. The normalized spacial score (nSPS) is 18.7. The molecule has 1 atom stereocenters. The summed E-state index contributed by atoms with van der Waals surface area (Å²) >= 11 is 0. The second-order valence-corrected chi connectivity index (χ2v) is 7.64. The van der Waals surface area contributed by atoms with Crippen LogP contribution in [0, 0.1) is 11.7 Å². The average molecular weight is 346 g/mol. The number of rotatable bonds is 5. The first-order valence-electron chi connectivity index (χ1n) is 7.48. The first-order chi connectivity index (χ1) is 10.8. The van der Waals surface area contributed by atoms with E-state index in [1.807, 2.05) is 6.92 Å². The van der Waals surface area contributed by atoms with Gasteiger partial charge in [0.25, 0.3) is 0 Å². The summed E-state index contributed by atoms with van der Waals surface area (Å²) in [5.41, 5.74) is 5.87. The molecule has 2 rings (SSSR count). The van der Waals surface area contributed by atoms with Crippen molar-refractivity contribution in [3.63, 3.8) is 0 Å². The van der Waals surface area contributed by atoms with Crippen LogP contribution in [0.5, 0.6) is 11.5 Å². The Morgan fingerprint density at radius 2 is 1.74 bits per heavy atom. The second kappa shape index (κ2) is 7.02. The maximum Gasteiger partial charge on any atom is 0.246 e. The van der Waals surface area contributed by atoms with Gasteiger partial charge < -0.3 is 15.2 Å². The number of halogens is 1. The van der Waals surface area contributed by atoms with Crippen molar-refractivity contribution in [2.24, 2.45) is 11.7 Å². The maximum atomic E-state index is 14.2. The smallest absolute Gasteiger partial charge is 0.246 e. The SMILES string of the molecule is COc1cc(F)c(S(=O)(=O)N2CCC(C(C)N)CC2)cc1OC. The van der Waals surface area contributed by atoms with Crippen molar-refractivity contribution in [3.05, 3.63) is 17.9 Å². The number of methoxy groups -OCH3 is 2. The summed E-state index contributed by atoms with van der Waals surface area (Å²) in [5, 5.41) is 0. The number of ether oxygens (including phenoxy) is 2. The highest BCUT2D eigenvalue weighted by molar-refractivity contribution is 7.89. The molecule has 1 aromatic rings. The summed E-state index contributed by atoms with van der Waals surface area (Å²) in [6, 6.07) is 2.22. The molecule has 6 nitrogen and oxygen atoms in total. The van der Waals surface area contributed by atoms with Crippen molar-refractivity contribution in [1.82, 2.24) is 4.31 Å². The van der Waals surface area contributed by atoms with Crippen LogP contribution in [-0.2, 0) is 10.0 Å². The Morgan fingerprint density at radius 3 is 2.22 bits per heavy atom. The Balaban J connectivity index is 2.30. The fourth-order valence-corrected chi connectivity index (χ4v) is 4.35. The van der Waals surface area contributed by atoms with E-state index in [2.05, 4.69) is 0 Å². The molecule has 0 aliphatic carbocycles. The summed E-state index contributed by atoms with van der Waals surface area (Å²) in [4.78, 5) is -0.394. The van der Waals surface area contributed by atoms with Gasteiger partial charge in [0.15, 0.2) is 11.5 Å². The molecule has 1 aromatic carbocycles. The van der Waals surface area contributed by atoms with Crippen LogP contribution >= 0.6 is 0 Å². The van der Waals surface area contributed by atoms with Gasteiger partial charge in [0.05, 0.1) is 14.2 Å². The molecule has 0 aromatic heterocycles. The van der Waals surface area contributed by atoms with E-state index in [0.717, 1.165) is 6.07 Å². The highest BCUT2D eigenvalue weighted by Crippen LogP contribution is 2.34. The van der Waals surface area contributed by atoms with Crippen LogP contribution < -0.4 is 15.2 Å². The molecular weight excluding hydrogens is 323 g/mol. The van der Waals surface area contributed by atoms with Crippen LogP contribution in [0.4, 0.5) is 4.39 Å². The highest BCUT2D eigenvalue weighted by atomic mass is 32.2. The Kier molecular flexibility index (Phi) is 5.49. The fraction of sp³-hybridized carbons (Fsp3) is 0.600. The van der Waals surface area contributed by atoms with Gasteiger partial charge in [-0.25, -0.2) is 12.8 Å². The number of nitrogens with zero attached hydrogens (tertiary/aromatic N) is 1. The van der Waals surface area contributed by atoms with Gasteiger partial charge in [-0.05, 0) is 25.7 Å². The van der Waals surface area contributed by atoms with Crippen molar-refractivity contribution in [1.29, 1.82) is 0 Å². The van der Waals surface area contributed by atoms with Gasteiger partial charge in [-0.15, -0.1) is 0 Å². The molecule has 1 fully saturated rings. The summed E-state index contributed by atoms with van der Waals surface area (Å²) in [5.74, 6) is -0.230. The van der Waals surface area contributed by atoms with Gasteiger partial charge in [0.1, 0.15) is 10.7 Å². The Labute approximate surface area is 136 Å². The molecule has 0 radical (unpaired) electrons. The summed E-state index contributed by atoms with van der Waals surface area (Å²) in [6.07, 6.45) is 1.34. The first-order valence-corrected chi connectivity index (χ1v) is 8.92. The number of benzene rings is 1. The Bertz CT molecular complexity index is 656. The van der Waals surface area contributed by atoms with Crippen LogP contribution in [0.25, 0.3) is 0 Å². The predicted molar refractivity (Wildman–Crippen MR) is 84.6 cm³/mol. The van der Waals surface area contributed by atoms with Crippen molar-refractivity contribution in [3.8, 4) is 11.5 Å². The largest absolute Gasteiger partial charge is 0.493 e. The van der Waals surface area contributed by atoms with E-state index >= 15 is 0 Å². The summed E-state index contributed by atoms with van der Waals surface area (Å²) in [6.45, 7) is 2.59. The van der Waals surface area contributed by atoms with Gasteiger partial charge in [0.2, 0.25) is 10.0 Å². The van der Waals surface area contributed by atoms with E-state index in [1.54, 1.807) is 0 Å². The highest BCUT2D eigenvalue weighted by Gasteiger charge is 2.33. The quantitative estimate of drug-likeness (QED) is 0.875. The predicted octanol–water partition coefficient (Wildman–Crippen LogP) is 1.59. The third-order valence-electron chi connectivity index (χ3n) is 4.30. The van der Waals surface area contributed by atoms with Gasteiger partial charge >= 0.3 is 0 Å². The average Bonchev–Trinajstić information content (AvgIpc) is 2.54. The zero-order valence-electron chi connectivity index (χ0n) is 13.6. The van der Waals surface area contributed by atoms with E-state index in [0.29, 0.717) is 25.9 Å². The molecule has 0 saturated carbocycles. The van der Waals surface area contributed by atoms with E-state index in [-0.39, 0.29) is 23.5 Å². The third-order valence-corrected chi connectivity index (χ3v) is 6.21. The van der Waals surface area contributed by atoms with Crippen LogP contribution in [0.3, 0.4) is 0 Å².